The number of ketones is 1. The minimum absolute atomic E-state index is 0.0400. The lowest BCUT2D eigenvalue weighted by molar-refractivity contribution is -0.349. The van der Waals surface area contributed by atoms with Crippen molar-refractivity contribution in [3.63, 3.8) is 0 Å². The number of fused-ring (bicyclic) bond motifs is 7. The molecule has 0 aromatic rings. The number of carboxylic acid groups (broad SMARTS) is 2. The van der Waals surface area contributed by atoms with Gasteiger partial charge in [0, 0.05) is 5.92 Å². The van der Waals surface area contributed by atoms with E-state index < -0.39 is 108 Å². The first-order valence-electron chi connectivity index (χ1n) is 20.2. The van der Waals surface area contributed by atoms with Crippen LogP contribution in [0.1, 0.15) is 99.8 Å². The smallest absolute Gasteiger partial charge is 0.335 e. The summed E-state index contributed by atoms with van der Waals surface area (Å²) in [5.74, 6) is -3.10. The lowest BCUT2D eigenvalue weighted by atomic mass is 9.33. The number of ether oxygens (including phenoxy) is 4. The summed E-state index contributed by atoms with van der Waals surface area (Å²) in [5.41, 5.74) is -4.65. The topological polar surface area (TPSA) is 250 Å². The fourth-order valence-electron chi connectivity index (χ4n) is 13.2. The van der Waals surface area contributed by atoms with Crippen molar-refractivity contribution in [2.45, 2.75) is 161 Å². The van der Waals surface area contributed by atoms with Crippen LogP contribution in [0.5, 0.6) is 0 Å². The molecule has 6 fully saturated rings. The molecule has 2 saturated heterocycles. The molecule has 2 aliphatic heterocycles. The van der Waals surface area contributed by atoms with E-state index in [-0.39, 0.29) is 40.8 Å². The van der Waals surface area contributed by atoms with Crippen LogP contribution in [-0.4, -0.2) is 133 Å². The molecule has 8 N–H and O–H groups in total. The van der Waals surface area contributed by atoms with E-state index in [0.717, 1.165) is 31.3 Å². The van der Waals surface area contributed by atoms with Crippen LogP contribution in [0.25, 0.3) is 0 Å². The molecule has 4 saturated carbocycles. The van der Waals surface area contributed by atoms with Gasteiger partial charge in [0.1, 0.15) is 30.0 Å². The number of carboxylic acids is 2. The van der Waals surface area contributed by atoms with Gasteiger partial charge in [0.25, 0.3) is 0 Å². The van der Waals surface area contributed by atoms with E-state index in [1.807, 2.05) is 6.08 Å². The Morgan fingerprint density at radius 1 is 0.875 bits per heavy atom. The van der Waals surface area contributed by atoms with Crippen LogP contribution in [0.15, 0.2) is 11.6 Å². The average Bonchev–Trinajstić information content (AvgIpc) is 3.39. The van der Waals surface area contributed by atoms with Crippen molar-refractivity contribution in [3.8, 4) is 0 Å². The SMILES string of the molecule is CC1(C)[C@@H](O[C@H]2O[C@H](C(=O)O)[C@@H](O)[C@H](O)[C@H]2O[C@@H]2OC[C@](O)(CO)[C@H]2O)CC[C@]2(C)[C@H]3C(=O)C=C4[C@@H]5C[C@](C)(C(=O)O)[C@H](O)C[C@]5(C)CC[C@@]4(C)[C@]3(C)CC[C@@H]12. The van der Waals surface area contributed by atoms with E-state index in [1.165, 1.54) is 0 Å². The van der Waals surface area contributed by atoms with E-state index in [1.54, 1.807) is 6.92 Å². The molecule has 0 amide bonds. The number of aliphatic hydroxyl groups excluding tert-OH is 5. The summed E-state index contributed by atoms with van der Waals surface area (Å²) < 4.78 is 23.6. The molecule has 2 heterocycles. The molecule has 18 atom stereocenters. The van der Waals surface area contributed by atoms with Gasteiger partial charge >= 0.3 is 11.9 Å². The normalized spacial score (nSPS) is 53.9. The maximum atomic E-state index is 14.8. The van der Waals surface area contributed by atoms with Crippen LogP contribution in [0, 0.1) is 50.2 Å². The van der Waals surface area contributed by atoms with Gasteiger partial charge in [0.2, 0.25) is 0 Å². The van der Waals surface area contributed by atoms with Gasteiger partial charge in [0.15, 0.2) is 24.5 Å². The molecule has 7 rings (SSSR count). The highest BCUT2D eigenvalue weighted by Crippen LogP contribution is 2.75. The Hall–Kier alpha value is -2.05. The van der Waals surface area contributed by atoms with Crippen LogP contribution >= 0.6 is 0 Å². The van der Waals surface area contributed by atoms with E-state index in [0.29, 0.717) is 19.3 Å². The lowest BCUT2D eigenvalue weighted by Gasteiger charge is -2.70. The van der Waals surface area contributed by atoms with Crippen LogP contribution in [0.2, 0.25) is 0 Å². The standard InChI is InChI=1S/C41H62O15/c1-35(2)22-8-11-40(7)29(21(43)14-19-20-15-38(5,34(50)51)23(44)16-36(20,3)12-13-39(19,40)6)37(22,4)10-9-24(35)54-32-28(26(46)25(45)27(55-32)31(48)49)56-33-30(47)41(52,17-42)18-53-33/h14,20,22-30,32-33,42,44-47,52H,8-13,15-18H2,1-7H3,(H,48,49)(H,50,51)/t20-,22-,23+,24-,25-,26-,27-,28+,29+,30-,32-,33-,36-,37-,38-,39+,40+,41+/m0/s1. The van der Waals surface area contributed by atoms with Crippen molar-refractivity contribution in [2.24, 2.45) is 50.2 Å². The molecule has 0 unspecified atom stereocenters. The van der Waals surface area contributed by atoms with Gasteiger partial charge in [-0.05, 0) is 103 Å². The first-order valence-corrected chi connectivity index (χ1v) is 20.2. The Kier molecular flexibility index (Phi) is 10.1. The summed E-state index contributed by atoms with van der Waals surface area (Å²) in [5, 5.41) is 84.0. The Balaban J connectivity index is 1.18. The Morgan fingerprint density at radius 2 is 1.55 bits per heavy atom. The number of aliphatic carboxylic acids is 2. The van der Waals surface area contributed by atoms with E-state index in [9.17, 15) is 55.2 Å². The van der Waals surface area contributed by atoms with Gasteiger partial charge in [0.05, 0.1) is 30.8 Å². The Labute approximate surface area is 327 Å². The summed E-state index contributed by atoms with van der Waals surface area (Å²) in [4.78, 5) is 39.5. The fraction of sp³-hybridized carbons (Fsp3) is 0.878. The highest BCUT2D eigenvalue weighted by atomic mass is 16.8. The molecule has 316 valence electrons. The van der Waals surface area contributed by atoms with E-state index >= 15 is 0 Å². The van der Waals surface area contributed by atoms with Gasteiger partial charge in [-0.1, -0.05) is 47.1 Å². The molecule has 15 heteroatoms. The molecule has 0 spiro atoms. The predicted octanol–water partition coefficient (Wildman–Crippen LogP) is 1.76. The van der Waals surface area contributed by atoms with Crippen molar-refractivity contribution in [3.05, 3.63) is 11.6 Å². The minimum Gasteiger partial charge on any atom is -0.481 e. The zero-order valence-electron chi connectivity index (χ0n) is 33.5. The molecule has 0 aromatic heterocycles. The van der Waals surface area contributed by atoms with Gasteiger partial charge in [-0.25, -0.2) is 4.79 Å². The van der Waals surface area contributed by atoms with E-state index in [4.69, 9.17) is 18.9 Å². The second-order valence-corrected chi connectivity index (χ2v) is 20.4. The third kappa shape index (κ3) is 5.76. The predicted molar refractivity (Wildman–Crippen MR) is 194 cm³/mol. The summed E-state index contributed by atoms with van der Waals surface area (Å²) >= 11 is 0. The zero-order valence-corrected chi connectivity index (χ0v) is 33.5. The Morgan fingerprint density at radius 3 is 2.16 bits per heavy atom. The number of carbonyl (C=O) groups is 3. The quantitative estimate of drug-likeness (QED) is 0.171. The summed E-state index contributed by atoms with van der Waals surface area (Å²) in [6.07, 6.45) is -7.14. The second-order valence-electron chi connectivity index (χ2n) is 20.4. The maximum Gasteiger partial charge on any atom is 0.335 e. The van der Waals surface area contributed by atoms with Crippen LogP contribution < -0.4 is 0 Å². The van der Waals surface area contributed by atoms with Crippen LogP contribution in [-0.2, 0) is 33.3 Å². The molecule has 15 nitrogen and oxygen atoms in total. The number of allylic oxidation sites excluding steroid dienone is 2. The number of aliphatic hydroxyl groups is 6. The maximum absolute atomic E-state index is 14.8. The van der Waals surface area contributed by atoms with E-state index in [2.05, 4.69) is 41.5 Å². The first kappa shape index (κ1) is 42.1. The number of carbonyl (C=O) groups excluding carboxylic acids is 1. The summed E-state index contributed by atoms with van der Waals surface area (Å²) in [7, 11) is 0. The number of hydrogen-bond acceptors (Lipinski definition) is 13. The highest BCUT2D eigenvalue weighted by Gasteiger charge is 2.71. The summed E-state index contributed by atoms with van der Waals surface area (Å²) in [6.45, 7) is 13.2. The van der Waals surface area contributed by atoms with Crippen molar-refractivity contribution < 1.29 is 74.2 Å². The molecule has 0 aromatic carbocycles. The van der Waals surface area contributed by atoms with Gasteiger partial charge in [-0.15, -0.1) is 0 Å². The lowest BCUT2D eigenvalue weighted by Crippen LogP contribution is -2.68. The highest BCUT2D eigenvalue weighted by molar-refractivity contribution is 5.95. The van der Waals surface area contributed by atoms with Crippen LogP contribution in [0.4, 0.5) is 0 Å². The van der Waals surface area contributed by atoms with Crippen molar-refractivity contribution in [1.82, 2.24) is 0 Å². The van der Waals surface area contributed by atoms with Gasteiger partial charge in [-0.2, -0.15) is 0 Å². The van der Waals surface area contributed by atoms with Gasteiger partial charge in [-0.3, -0.25) is 9.59 Å². The molecule has 0 bridgehead atoms. The zero-order chi connectivity index (χ0) is 41.3. The second kappa shape index (κ2) is 13.5. The third-order valence-electron chi connectivity index (χ3n) is 17.1. The molecule has 7 aliphatic rings. The molecular formula is C41H62O15. The average molecular weight is 795 g/mol. The monoisotopic (exact) mass is 794 g/mol. The van der Waals surface area contributed by atoms with Crippen molar-refractivity contribution in [1.29, 1.82) is 0 Å². The van der Waals surface area contributed by atoms with Crippen LogP contribution in [0.3, 0.4) is 0 Å². The molecule has 56 heavy (non-hydrogen) atoms. The molecule has 0 radical (unpaired) electrons. The summed E-state index contributed by atoms with van der Waals surface area (Å²) in [6, 6.07) is 0. The first-order chi connectivity index (χ1) is 25.8. The number of rotatable bonds is 7. The third-order valence-corrected chi connectivity index (χ3v) is 17.1. The van der Waals surface area contributed by atoms with Crippen molar-refractivity contribution >= 4 is 17.7 Å². The number of hydrogen-bond donors (Lipinski definition) is 8. The molecular weight excluding hydrogens is 732 g/mol. The Bertz CT molecular complexity index is 1650. The van der Waals surface area contributed by atoms with Gasteiger partial charge < -0.3 is 59.8 Å². The minimum atomic E-state index is -2.05. The van der Waals surface area contributed by atoms with Crippen molar-refractivity contribution in [2.75, 3.05) is 13.2 Å². The fourth-order valence-corrected chi connectivity index (χ4v) is 13.2. The largest absolute Gasteiger partial charge is 0.481 e. The molecule has 5 aliphatic carbocycles.